The second-order valence-electron chi connectivity index (χ2n) is 6.80. The van der Waals surface area contributed by atoms with Crippen molar-refractivity contribution in [2.75, 3.05) is 12.4 Å². The maximum atomic E-state index is 13.6. The van der Waals surface area contributed by atoms with Crippen molar-refractivity contribution in [2.45, 2.75) is 6.92 Å². The minimum Gasteiger partial charge on any atom is -0.493 e. The molecule has 0 saturated carbocycles. The number of nitrogens with one attached hydrogen (secondary N) is 2. The molecule has 3 rings (SSSR count). The molecule has 0 aliphatic rings. The largest absolute Gasteiger partial charge is 0.493 e. The zero-order chi connectivity index (χ0) is 23.8. The summed E-state index contributed by atoms with van der Waals surface area (Å²) in [5.74, 6) is -2.89. The second-order valence-corrected chi connectivity index (χ2v) is 6.80. The van der Waals surface area contributed by atoms with Crippen molar-refractivity contribution in [2.24, 2.45) is 5.10 Å². The van der Waals surface area contributed by atoms with Crippen LogP contribution in [-0.4, -0.2) is 31.1 Å². The number of carbonyl (C=O) groups is 3. The molecule has 0 heterocycles. The Balaban J connectivity index is 1.61. The Morgan fingerprint density at radius 3 is 2.36 bits per heavy atom. The van der Waals surface area contributed by atoms with Crippen LogP contribution in [-0.2, 0) is 9.59 Å². The molecule has 0 spiro atoms. The van der Waals surface area contributed by atoms with Crippen molar-refractivity contribution < 1.29 is 28.2 Å². The van der Waals surface area contributed by atoms with Crippen LogP contribution in [0.3, 0.4) is 0 Å². The van der Waals surface area contributed by atoms with Crippen molar-refractivity contribution in [3.63, 3.8) is 0 Å². The Hall–Kier alpha value is -4.53. The number of methoxy groups -OCH3 is 1. The topological polar surface area (TPSA) is 106 Å². The van der Waals surface area contributed by atoms with Gasteiger partial charge in [-0.2, -0.15) is 5.10 Å². The molecule has 0 fully saturated rings. The average Bonchev–Trinajstić information content (AvgIpc) is 2.81. The van der Waals surface area contributed by atoms with E-state index in [1.165, 1.54) is 43.7 Å². The number of esters is 1. The predicted molar refractivity (Wildman–Crippen MR) is 120 cm³/mol. The number of rotatable bonds is 6. The zero-order valence-electron chi connectivity index (χ0n) is 17.8. The molecule has 0 atom stereocenters. The molecule has 2 N–H and O–H groups in total. The number of anilines is 1. The quantitative estimate of drug-likeness (QED) is 0.197. The molecule has 0 aliphatic carbocycles. The fourth-order valence-corrected chi connectivity index (χ4v) is 2.66. The number of halogens is 1. The molecule has 3 aromatic rings. The van der Waals surface area contributed by atoms with Crippen molar-refractivity contribution in [1.29, 1.82) is 0 Å². The van der Waals surface area contributed by atoms with Crippen LogP contribution in [0.1, 0.15) is 21.5 Å². The Morgan fingerprint density at radius 2 is 1.67 bits per heavy atom. The van der Waals surface area contributed by atoms with Gasteiger partial charge < -0.3 is 14.8 Å². The molecule has 2 amide bonds. The van der Waals surface area contributed by atoms with E-state index in [4.69, 9.17) is 9.47 Å². The van der Waals surface area contributed by atoms with Gasteiger partial charge in [-0.1, -0.05) is 29.8 Å². The van der Waals surface area contributed by atoms with E-state index in [0.29, 0.717) is 11.1 Å². The molecule has 0 aliphatic heterocycles. The Morgan fingerprint density at radius 1 is 0.939 bits per heavy atom. The maximum Gasteiger partial charge on any atom is 0.343 e. The molecule has 0 radical (unpaired) electrons. The highest BCUT2D eigenvalue weighted by atomic mass is 19.1. The number of amides is 2. The number of benzene rings is 3. The fraction of sp³-hybridized carbons (Fsp3) is 0.0833. The molecular weight excluding hydrogens is 429 g/mol. The first-order valence-electron chi connectivity index (χ1n) is 9.73. The van der Waals surface area contributed by atoms with Gasteiger partial charge in [-0.05, 0) is 55.0 Å². The van der Waals surface area contributed by atoms with E-state index in [2.05, 4.69) is 15.8 Å². The summed E-state index contributed by atoms with van der Waals surface area (Å²) in [4.78, 5) is 36.0. The number of carbonyl (C=O) groups excluding carboxylic acids is 3. The summed E-state index contributed by atoms with van der Waals surface area (Å²) < 4.78 is 24.2. The highest BCUT2D eigenvalue weighted by Gasteiger charge is 2.15. The van der Waals surface area contributed by atoms with Crippen LogP contribution < -0.4 is 20.2 Å². The van der Waals surface area contributed by atoms with E-state index < -0.39 is 23.6 Å². The number of hydrogen-bond acceptors (Lipinski definition) is 6. The minimum atomic E-state index is -1.08. The summed E-state index contributed by atoms with van der Waals surface area (Å²) in [6, 6.07) is 17.0. The van der Waals surface area contributed by atoms with E-state index in [9.17, 15) is 18.8 Å². The van der Waals surface area contributed by atoms with Gasteiger partial charge in [0.25, 0.3) is 0 Å². The predicted octanol–water partition coefficient (Wildman–Crippen LogP) is 3.45. The Labute approximate surface area is 189 Å². The monoisotopic (exact) mass is 449 g/mol. The Bertz CT molecular complexity index is 1210. The van der Waals surface area contributed by atoms with Crippen LogP contribution in [0.4, 0.5) is 10.1 Å². The van der Waals surface area contributed by atoms with Crippen LogP contribution in [0.25, 0.3) is 0 Å². The van der Waals surface area contributed by atoms with Gasteiger partial charge in [-0.25, -0.2) is 14.6 Å². The lowest BCUT2D eigenvalue weighted by Gasteiger charge is -2.10. The van der Waals surface area contributed by atoms with E-state index in [1.807, 2.05) is 6.92 Å². The van der Waals surface area contributed by atoms with E-state index in [1.54, 1.807) is 30.3 Å². The zero-order valence-corrected chi connectivity index (χ0v) is 17.8. The van der Waals surface area contributed by atoms with Gasteiger partial charge >= 0.3 is 17.8 Å². The number of ether oxygens (including phenoxy) is 2. The first-order chi connectivity index (χ1) is 15.9. The van der Waals surface area contributed by atoms with Crippen LogP contribution in [0, 0.1) is 12.7 Å². The SMILES string of the molecule is COc1cc(/C=N/NC(=O)C(=O)Nc2ccccc2F)ccc1OC(=O)c1ccc(C)cc1. The third-order valence-electron chi connectivity index (χ3n) is 4.39. The van der Waals surface area contributed by atoms with Gasteiger partial charge in [0, 0.05) is 0 Å². The molecule has 33 heavy (non-hydrogen) atoms. The molecule has 0 unspecified atom stereocenters. The van der Waals surface area contributed by atoms with Crippen LogP contribution in [0.5, 0.6) is 11.5 Å². The molecule has 168 valence electrons. The van der Waals surface area contributed by atoms with Crippen molar-refractivity contribution in [3.05, 3.63) is 89.2 Å². The maximum absolute atomic E-state index is 13.6. The van der Waals surface area contributed by atoms with Gasteiger partial charge in [0.15, 0.2) is 11.5 Å². The first-order valence-corrected chi connectivity index (χ1v) is 9.73. The number of aryl methyl sites for hydroxylation is 1. The third kappa shape index (κ3) is 6.23. The van der Waals surface area contributed by atoms with Crippen LogP contribution in [0.2, 0.25) is 0 Å². The summed E-state index contributed by atoms with van der Waals surface area (Å²) in [5, 5.41) is 5.86. The molecule has 0 aromatic heterocycles. The van der Waals surface area contributed by atoms with Crippen molar-refractivity contribution in [1.82, 2.24) is 5.43 Å². The van der Waals surface area contributed by atoms with E-state index in [-0.39, 0.29) is 17.2 Å². The Kier molecular flexibility index (Phi) is 7.48. The molecular formula is C24H20FN3O5. The summed E-state index contributed by atoms with van der Waals surface area (Å²) in [5.41, 5.74) is 3.84. The third-order valence-corrected chi connectivity index (χ3v) is 4.39. The average molecular weight is 449 g/mol. The number of hydrogen-bond donors (Lipinski definition) is 2. The van der Waals surface area contributed by atoms with Crippen LogP contribution >= 0.6 is 0 Å². The number of para-hydroxylation sites is 1. The standard InChI is InChI=1S/C24H20FN3O5/c1-15-7-10-17(11-8-15)24(31)33-20-12-9-16(13-21(20)32-2)14-26-28-23(30)22(29)27-19-6-4-3-5-18(19)25/h3-14H,1-2H3,(H,27,29)(H,28,30)/b26-14+. The number of nitrogens with zero attached hydrogens (tertiary/aromatic N) is 1. The first kappa shape index (κ1) is 23.1. The summed E-state index contributed by atoms with van der Waals surface area (Å²) in [6.07, 6.45) is 1.27. The summed E-state index contributed by atoms with van der Waals surface area (Å²) in [6.45, 7) is 1.91. The van der Waals surface area contributed by atoms with Gasteiger partial charge in [0.05, 0.1) is 24.6 Å². The minimum absolute atomic E-state index is 0.123. The van der Waals surface area contributed by atoms with Gasteiger partial charge in [-0.15, -0.1) is 0 Å². The lowest BCUT2D eigenvalue weighted by molar-refractivity contribution is -0.136. The molecule has 0 bridgehead atoms. The summed E-state index contributed by atoms with van der Waals surface area (Å²) >= 11 is 0. The van der Waals surface area contributed by atoms with E-state index >= 15 is 0 Å². The lowest BCUT2D eigenvalue weighted by atomic mass is 10.1. The van der Waals surface area contributed by atoms with Crippen molar-refractivity contribution >= 4 is 29.7 Å². The van der Waals surface area contributed by atoms with Crippen LogP contribution in [0.15, 0.2) is 71.8 Å². The fourth-order valence-electron chi connectivity index (χ4n) is 2.66. The van der Waals surface area contributed by atoms with Gasteiger partial charge in [-0.3, -0.25) is 9.59 Å². The van der Waals surface area contributed by atoms with E-state index in [0.717, 1.165) is 11.6 Å². The normalized spacial score (nSPS) is 10.5. The van der Waals surface area contributed by atoms with Crippen molar-refractivity contribution in [3.8, 4) is 11.5 Å². The molecule has 0 saturated heterocycles. The number of hydrazone groups is 1. The highest BCUT2D eigenvalue weighted by molar-refractivity contribution is 6.39. The lowest BCUT2D eigenvalue weighted by Crippen LogP contribution is -2.32. The van der Waals surface area contributed by atoms with Gasteiger partial charge in [0.2, 0.25) is 0 Å². The molecule has 9 heteroatoms. The smallest absolute Gasteiger partial charge is 0.343 e. The summed E-state index contributed by atoms with van der Waals surface area (Å²) in [7, 11) is 1.41. The highest BCUT2D eigenvalue weighted by Crippen LogP contribution is 2.28. The van der Waals surface area contributed by atoms with Gasteiger partial charge in [0.1, 0.15) is 5.82 Å². The molecule has 8 nitrogen and oxygen atoms in total. The molecule has 3 aromatic carbocycles. The second kappa shape index (κ2) is 10.7.